The molecule has 3 heteroatoms. The van der Waals surface area contributed by atoms with Gasteiger partial charge in [-0.3, -0.25) is 5.48 Å². The zero-order valence-corrected chi connectivity index (χ0v) is 3.92. The van der Waals surface area contributed by atoms with Crippen LogP contribution >= 0.6 is 0 Å². The molecule has 2 radical (unpaired) electrons. The molecule has 0 amide bonds. The molecule has 0 atom stereocenters. The molecule has 0 heterocycles. The van der Waals surface area contributed by atoms with Gasteiger partial charge in [0.15, 0.2) is 0 Å². The van der Waals surface area contributed by atoms with Gasteiger partial charge in [0.25, 0.3) is 0 Å². The largest absolute Gasteiger partial charge is 0.378 e. The van der Waals surface area contributed by atoms with Crippen LogP contribution in [0, 0.1) is 0 Å². The number of carbonyl (C=O) groups excluding carboxylic acids is 1. The number of allylic oxidation sites excluding steroid dienone is 1. The monoisotopic (exact) mass is 102 g/mol. The average Bonchev–Trinajstić information content (AvgIpc) is 1.35. The second-order valence-electron chi connectivity index (χ2n) is 0.819. The lowest BCUT2D eigenvalue weighted by molar-refractivity contribution is -0.137. The molecule has 0 unspecified atom stereocenters. The van der Waals surface area contributed by atoms with Crippen molar-refractivity contribution in [3.05, 3.63) is 12.2 Å². The minimum absolute atomic E-state index is 0. The summed E-state index contributed by atoms with van der Waals surface area (Å²) in [7, 11) is 0. The molecule has 0 aromatic rings. The highest BCUT2D eigenvalue weighted by molar-refractivity contribution is 5.79. The van der Waals surface area contributed by atoms with Gasteiger partial charge in [-0.2, -0.15) is 0 Å². The third-order valence-electron chi connectivity index (χ3n) is 0.303. The third-order valence-corrected chi connectivity index (χ3v) is 0.303. The Kier molecular flexibility index (Phi) is 7.00. The van der Waals surface area contributed by atoms with Crippen LogP contribution in [0.5, 0.6) is 0 Å². The average molecular weight is 102 g/mol. The van der Waals surface area contributed by atoms with E-state index in [2.05, 4.69) is 0 Å². The van der Waals surface area contributed by atoms with Gasteiger partial charge in [-0.1, -0.05) is 6.08 Å². The van der Waals surface area contributed by atoms with Gasteiger partial charge >= 0.3 is 5.97 Å². The fourth-order valence-electron chi connectivity index (χ4n) is 0.136. The molecule has 7 heavy (non-hydrogen) atoms. The topological polar surface area (TPSA) is 67.0 Å². The summed E-state index contributed by atoms with van der Waals surface area (Å²) in [6.07, 6.45) is 2.38. The van der Waals surface area contributed by atoms with Crippen molar-refractivity contribution in [2.75, 3.05) is 0 Å². The van der Waals surface area contributed by atoms with Crippen molar-refractivity contribution in [1.29, 1.82) is 0 Å². The van der Waals surface area contributed by atoms with E-state index in [1.165, 1.54) is 6.08 Å². The van der Waals surface area contributed by atoms with E-state index in [0.717, 1.165) is 6.08 Å². The maximum atomic E-state index is 9.40. The summed E-state index contributed by atoms with van der Waals surface area (Å²) in [6.45, 7) is 1.62. The maximum absolute atomic E-state index is 9.40. The Morgan fingerprint density at radius 1 is 1.57 bits per heavy atom. The Balaban J connectivity index is 0. The van der Waals surface area contributed by atoms with E-state index in [1.54, 1.807) is 6.92 Å². The molecule has 0 aliphatic carbocycles. The van der Waals surface area contributed by atoms with Crippen LogP contribution in [0.2, 0.25) is 0 Å². The molecule has 0 fully saturated rings. The first-order chi connectivity index (χ1) is 2.77. The molecule has 0 saturated carbocycles. The molecule has 0 saturated heterocycles. The van der Waals surface area contributed by atoms with E-state index in [9.17, 15) is 9.90 Å². The highest BCUT2D eigenvalue weighted by Crippen LogP contribution is 1.66. The van der Waals surface area contributed by atoms with Crippen LogP contribution in [-0.4, -0.2) is 11.4 Å². The SMILES string of the molecule is CC=CC([O])=O.[OH]. The predicted molar refractivity (Wildman–Crippen MR) is 22.4 cm³/mol. The molecular formula is C4H6O3. The van der Waals surface area contributed by atoms with Crippen LogP contribution in [0.25, 0.3) is 0 Å². The van der Waals surface area contributed by atoms with Gasteiger partial charge in [0, 0.05) is 6.08 Å². The Bertz CT molecular complexity index is 75.0. The lowest BCUT2D eigenvalue weighted by Crippen LogP contribution is -1.80. The van der Waals surface area contributed by atoms with Crippen molar-refractivity contribution >= 4 is 5.97 Å². The summed E-state index contributed by atoms with van der Waals surface area (Å²) < 4.78 is 0. The first kappa shape index (κ1) is 9.48. The maximum Gasteiger partial charge on any atom is 0.378 e. The van der Waals surface area contributed by atoms with E-state index in [1.807, 2.05) is 0 Å². The first-order valence-electron chi connectivity index (χ1n) is 1.61. The first-order valence-corrected chi connectivity index (χ1v) is 1.61. The second-order valence-corrected chi connectivity index (χ2v) is 0.819. The van der Waals surface area contributed by atoms with Gasteiger partial charge in [-0.25, -0.2) is 9.90 Å². The Labute approximate surface area is 41.6 Å². The summed E-state index contributed by atoms with van der Waals surface area (Å²) in [5.41, 5.74) is 0. The van der Waals surface area contributed by atoms with Crippen LogP contribution in [0.1, 0.15) is 6.92 Å². The fraction of sp³-hybridized carbons (Fsp3) is 0.250. The van der Waals surface area contributed by atoms with Gasteiger partial charge in [-0.15, -0.1) is 0 Å². The Hall–Kier alpha value is -0.830. The minimum atomic E-state index is -1.14. The quantitative estimate of drug-likeness (QED) is 0.476. The molecule has 0 bridgehead atoms. The Morgan fingerprint density at radius 3 is 2.00 bits per heavy atom. The highest BCUT2D eigenvalue weighted by Gasteiger charge is 1.81. The molecule has 3 nitrogen and oxygen atoms in total. The normalized spacial score (nSPS) is 8.14. The molecule has 0 spiro atoms. The second kappa shape index (κ2) is 5.17. The van der Waals surface area contributed by atoms with Gasteiger partial charge in [0.2, 0.25) is 0 Å². The van der Waals surface area contributed by atoms with Crippen LogP contribution < -0.4 is 0 Å². The predicted octanol–water partition coefficient (Wildman–Crippen LogP) is 0.343. The van der Waals surface area contributed by atoms with Crippen LogP contribution in [-0.2, 0) is 9.90 Å². The molecule has 0 aliphatic rings. The van der Waals surface area contributed by atoms with E-state index < -0.39 is 5.97 Å². The molecule has 1 N–H and O–H groups in total. The number of rotatable bonds is 1. The highest BCUT2D eigenvalue weighted by atomic mass is 16.4. The van der Waals surface area contributed by atoms with Gasteiger partial charge in [-0.05, 0) is 6.92 Å². The summed E-state index contributed by atoms with van der Waals surface area (Å²) in [6, 6.07) is 0. The smallest absolute Gasteiger partial charge is 0.255 e. The molecule has 0 aromatic heterocycles. The van der Waals surface area contributed by atoms with Crippen molar-refractivity contribution in [2.45, 2.75) is 6.92 Å². The molecule has 0 rings (SSSR count). The Morgan fingerprint density at radius 2 is 2.00 bits per heavy atom. The van der Waals surface area contributed by atoms with Crippen molar-refractivity contribution < 1.29 is 15.4 Å². The van der Waals surface area contributed by atoms with E-state index in [-0.39, 0.29) is 5.48 Å². The molecule has 0 aromatic carbocycles. The zero-order valence-electron chi connectivity index (χ0n) is 3.92. The van der Waals surface area contributed by atoms with Crippen molar-refractivity contribution in [3.63, 3.8) is 0 Å². The molecular weight excluding hydrogens is 96.0 g/mol. The van der Waals surface area contributed by atoms with Gasteiger partial charge in [0.05, 0.1) is 0 Å². The van der Waals surface area contributed by atoms with Crippen LogP contribution in [0.4, 0.5) is 0 Å². The van der Waals surface area contributed by atoms with Crippen LogP contribution in [0.15, 0.2) is 12.2 Å². The minimum Gasteiger partial charge on any atom is -0.255 e. The van der Waals surface area contributed by atoms with Crippen LogP contribution in [0.3, 0.4) is 0 Å². The molecule has 0 aliphatic heterocycles. The standard InChI is InChI=1S/C4H5O2.HO/c1-2-3-4(5)6;/h2-3H,1H3;1H. The summed E-state index contributed by atoms with van der Waals surface area (Å²) in [5, 5.41) is 9.40. The van der Waals surface area contributed by atoms with E-state index in [0.29, 0.717) is 0 Å². The molecule has 40 valence electrons. The lowest BCUT2D eigenvalue weighted by atomic mass is 10.5. The number of hydrogen-bond acceptors (Lipinski definition) is 1. The van der Waals surface area contributed by atoms with E-state index in [4.69, 9.17) is 0 Å². The van der Waals surface area contributed by atoms with E-state index >= 15 is 0 Å². The summed E-state index contributed by atoms with van der Waals surface area (Å²) in [5.74, 6) is -1.14. The van der Waals surface area contributed by atoms with Gasteiger partial charge < -0.3 is 0 Å². The summed E-state index contributed by atoms with van der Waals surface area (Å²) >= 11 is 0. The third kappa shape index (κ3) is 11.0. The van der Waals surface area contributed by atoms with Crippen molar-refractivity contribution in [1.82, 2.24) is 0 Å². The summed E-state index contributed by atoms with van der Waals surface area (Å²) in [4.78, 5) is 9.40. The van der Waals surface area contributed by atoms with Crippen molar-refractivity contribution in [2.24, 2.45) is 0 Å². The number of carbonyl (C=O) groups is 1. The van der Waals surface area contributed by atoms with Gasteiger partial charge in [0.1, 0.15) is 0 Å². The lowest BCUT2D eigenvalue weighted by Gasteiger charge is -1.62. The van der Waals surface area contributed by atoms with Crippen molar-refractivity contribution in [3.8, 4) is 0 Å². The number of hydrogen-bond donors (Lipinski definition) is 1. The zero-order chi connectivity index (χ0) is 4.99. The fourth-order valence-corrected chi connectivity index (χ4v) is 0.136.